The minimum absolute atomic E-state index is 0.622. The van der Waals surface area contributed by atoms with Crippen molar-refractivity contribution in [3.63, 3.8) is 0 Å². The second kappa shape index (κ2) is 11.0. The highest BCUT2D eigenvalue weighted by Gasteiger charge is 2.23. The van der Waals surface area contributed by atoms with Crippen molar-refractivity contribution < 1.29 is 4.74 Å². The Morgan fingerprint density at radius 3 is 1.69 bits per heavy atom. The molecule has 0 amide bonds. The Morgan fingerprint density at radius 1 is 0.327 bits per heavy atom. The van der Waals surface area contributed by atoms with Crippen molar-refractivity contribution in [1.29, 1.82) is 0 Å². The predicted octanol–water partition coefficient (Wildman–Crippen LogP) is 11.8. The Balaban J connectivity index is 1.15. The van der Waals surface area contributed by atoms with Gasteiger partial charge in [-0.15, -0.1) is 0 Å². The fourth-order valence-electron chi connectivity index (χ4n) is 7.05. The molecular formula is C45H27N3O. The van der Waals surface area contributed by atoms with E-state index in [1.165, 1.54) is 21.7 Å². The van der Waals surface area contributed by atoms with Crippen LogP contribution in [-0.2, 0) is 0 Å². The van der Waals surface area contributed by atoms with Crippen molar-refractivity contribution in [2.75, 3.05) is 0 Å². The van der Waals surface area contributed by atoms with Crippen molar-refractivity contribution >= 4 is 32.3 Å². The minimum Gasteiger partial charge on any atom is -0.456 e. The lowest BCUT2D eigenvalue weighted by molar-refractivity contribution is 0.487. The van der Waals surface area contributed by atoms with Gasteiger partial charge in [-0.2, -0.15) is 0 Å². The highest BCUT2D eigenvalue weighted by molar-refractivity contribution is 6.09. The number of hydrogen-bond donors (Lipinski definition) is 0. The molecule has 2 heterocycles. The van der Waals surface area contributed by atoms with Gasteiger partial charge in [-0.25, -0.2) is 15.0 Å². The van der Waals surface area contributed by atoms with Gasteiger partial charge in [0.1, 0.15) is 11.5 Å². The van der Waals surface area contributed by atoms with Crippen molar-refractivity contribution in [2.45, 2.75) is 0 Å². The smallest absolute Gasteiger partial charge is 0.164 e. The van der Waals surface area contributed by atoms with E-state index in [1.54, 1.807) is 0 Å². The summed E-state index contributed by atoms with van der Waals surface area (Å²) in [4.78, 5) is 15.2. The lowest BCUT2D eigenvalue weighted by Gasteiger charge is -2.23. The monoisotopic (exact) mass is 625 g/mol. The van der Waals surface area contributed by atoms with Crippen LogP contribution < -0.4 is 4.74 Å². The zero-order valence-corrected chi connectivity index (χ0v) is 26.3. The normalized spacial score (nSPS) is 11.8. The molecule has 1 aliphatic rings. The second-order valence-corrected chi connectivity index (χ2v) is 12.4. The third-order valence-electron chi connectivity index (χ3n) is 9.49. The van der Waals surface area contributed by atoms with Crippen LogP contribution in [0.4, 0.5) is 0 Å². The maximum atomic E-state index is 6.58. The summed E-state index contributed by atoms with van der Waals surface area (Å²) in [5.74, 6) is 3.57. The summed E-state index contributed by atoms with van der Waals surface area (Å²) in [6.07, 6.45) is 0. The average Bonchev–Trinajstić information content (AvgIpc) is 3.18. The number of nitrogens with zero attached hydrogens (tertiary/aromatic N) is 3. The largest absolute Gasteiger partial charge is 0.456 e. The quantitative estimate of drug-likeness (QED) is 0.195. The second-order valence-electron chi connectivity index (χ2n) is 12.4. The zero-order chi connectivity index (χ0) is 32.3. The number of ether oxygens (including phenoxy) is 1. The van der Waals surface area contributed by atoms with Gasteiger partial charge in [-0.1, -0.05) is 127 Å². The first-order valence-electron chi connectivity index (χ1n) is 16.4. The van der Waals surface area contributed by atoms with Gasteiger partial charge in [0.25, 0.3) is 0 Å². The van der Waals surface area contributed by atoms with Crippen LogP contribution in [-0.4, -0.2) is 15.0 Å². The topological polar surface area (TPSA) is 47.9 Å². The molecule has 10 rings (SSSR count). The van der Waals surface area contributed by atoms with Crippen LogP contribution >= 0.6 is 0 Å². The average molecular weight is 626 g/mol. The highest BCUT2D eigenvalue weighted by atomic mass is 16.5. The van der Waals surface area contributed by atoms with Gasteiger partial charge in [0.15, 0.2) is 17.5 Å². The minimum atomic E-state index is 0.622. The fraction of sp³-hybridized carbons (Fsp3) is 0. The van der Waals surface area contributed by atoms with E-state index in [1.807, 2.05) is 36.4 Å². The molecule has 0 N–H and O–H groups in total. The Bertz CT molecular complexity index is 2750. The molecule has 0 fully saturated rings. The molecule has 0 radical (unpaired) electrons. The third kappa shape index (κ3) is 4.65. The molecule has 9 aromatic rings. The third-order valence-corrected chi connectivity index (χ3v) is 9.49. The maximum Gasteiger partial charge on any atom is 0.164 e. The molecule has 0 saturated heterocycles. The number of hydrogen-bond acceptors (Lipinski definition) is 4. The Labute approximate surface area is 283 Å². The van der Waals surface area contributed by atoms with E-state index in [0.717, 1.165) is 61.0 Å². The van der Waals surface area contributed by atoms with E-state index in [-0.39, 0.29) is 0 Å². The van der Waals surface area contributed by atoms with E-state index >= 15 is 0 Å². The molecule has 0 bridgehead atoms. The van der Waals surface area contributed by atoms with Gasteiger partial charge >= 0.3 is 0 Å². The first-order valence-corrected chi connectivity index (χ1v) is 16.4. The molecule has 1 aliphatic heterocycles. The number of rotatable bonds is 4. The van der Waals surface area contributed by atoms with Gasteiger partial charge in [0, 0.05) is 27.6 Å². The molecule has 4 nitrogen and oxygen atoms in total. The van der Waals surface area contributed by atoms with Crippen LogP contribution in [0.25, 0.3) is 88.7 Å². The molecular weight excluding hydrogens is 599 g/mol. The van der Waals surface area contributed by atoms with Crippen LogP contribution in [0, 0.1) is 0 Å². The number of benzene rings is 8. The van der Waals surface area contributed by atoms with Crippen molar-refractivity contribution in [1.82, 2.24) is 15.0 Å². The van der Waals surface area contributed by atoms with Gasteiger partial charge in [-0.05, 0) is 80.0 Å². The molecule has 0 aliphatic carbocycles. The highest BCUT2D eigenvalue weighted by Crippen LogP contribution is 2.49. The first-order chi connectivity index (χ1) is 24.2. The summed E-state index contributed by atoms with van der Waals surface area (Å²) in [5.41, 5.74) is 7.33. The van der Waals surface area contributed by atoms with Crippen LogP contribution in [0.3, 0.4) is 0 Å². The first kappa shape index (κ1) is 27.5. The predicted molar refractivity (Wildman–Crippen MR) is 200 cm³/mol. The van der Waals surface area contributed by atoms with Gasteiger partial charge < -0.3 is 4.74 Å². The van der Waals surface area contributed by atoms with Crippen molar-refractivity contribution in [2.24, 2.45) is 0 Å². The van der Waals surface area contributed by atoms with Crippen LogP contribution in [0.15, 0.2) is 164 Å². The zero-order valence-electron chi connectivity index (χ0n) is 26.3. The van der Waals surface area contributed by atoms with Gasteiger partial charge in [0.2, 0.25) is 0 Å². The molecule has 0 atom stereocenters. The Kier molecular flexibility index (Phi) is 6.15. The SMILES string of the molecule is c1ccc(-c2nc(-c3ccc4ccccc4c3)nc(-c3ccc4c5c(cccc35)-c3cc(-c5ccc6ccccc6c5)ccc3O4)n2)cc1. The van der Waals surface area contributed by atoms with E-state index in [0.29, 0.717) is 17.5 Å². The molecule has 49 heavy (non-hydrogen) atoms. The summed E-state index contributed by atoms with van der Waals surface area (Å²) in [7, 11) is 0. The molecule has 0 saturated carbocycles. The van der Waals surface area contributed by atoms with Gasteiger partial charge in [0.05, 0.1) is 0 Å². The van der Waals surface area contributed by atoms with Crippen LogP contribution in [0.5, 0.6) is 11.5 Å². The Morgan fingerprint density at radius 2 is 0.918 bits per heavy atom. The standard InChI is InChI=1S/C45H27N3O/c1-2-11-30(12-3-1)43-46-44(35-20-18-29-10-5-7-14-32(29)26-35)48-45(47-43)38-22-24-41-42-36(38)15-8-16-37(42)39-27-34(21-23-40(39)49-41)33-19-17-28-9-4-6-13-31(28)25-33/h1-27H. The van der Waals surface area contributed by atoms with E-state index in [2.05, 4.69) is 127 Å². The number of aromatic nitrogens is 3. The summed E-state index contributed by atoms with van der Waals surface area (Å²) in [5, 5.41) is 6.86. The maximum absolute atomic E-state index is 6.58. The number of fused-ring (bicyclic) bond motifs is 4. The summed E-state index contributed by atoms with van der Waals surface area (Å²) >= 11 is 0. The Hall–Kier alpha value is -6.65. The molecule has 4 heteroatoms. The van der Waals surface area contributed by atoms with E-state index < -0.39 is 0 Å². The fourth-order valence-corrected chi connectivity index (χ4v) is 7.05. The van der Waals surface area contributed by atoms with Crippen molar-refractivity contribution in [3.05, 3.63) is 164 Å². The molecule has 0 unspecified atom stereocenters. The molecule has 8 aromatic carbocycles. The molecule has 228 valence electrons. The summed E-state index contributed by atoms with van der Waals surface area (Å²) < 4.78 is 6.58. The summed E-state index contributed by atoms with van der Waals surface area (Å²) in [6.45, 7) is 0. The van der Waals surface area contributed by atoms with Crippen molar-refractivity contribution in [3.8, 4) is 67.9 Å². The van der Waals surface area contributed by atoms with Gasteiger partial charge in [-0.3, -0.25) is 0 Å². The summed E-state index contributed by atoms with van der Waals surface area (Å²) in [6, 6.07) is 57.0. The van der Waals surface area contributed by atoms with E-state index in [4.69, 9.17) is 19.7 Å². The lowest BCUT2D eigenvalue weighted by atomic mass is 9.90. The molecule has 0 spiro atoms. The van der Waals surface area contributed by atoms with E-state index in [9.17, 15) is 0 Å². The van der Waals surface area contributed by atoms with Crippen LogP contribution in [0.2, 0.25) is 0 Å². The molecule has 1 aromatic heterocycles. The van der Waals surface area contributed by atoms with Crippen LogP contribution in [0.1, 0.15) is 0 Å². The lowest BCUT2D eigenvalue weighted by Crippen LogP contribution is -2.02.